The summed E-state index contributed by atoms with van der Waals surface area (Å²) >= 11 is 2.69. The topological polar surface area (TPSA) is 115 Å². The normalized spacial score (nSPS) is 15.3. The zero-order valence-corrected chi connectivity index (χ0v) is 22.1. The Hall–Kier alpha value is -4.09. The first-order valence-corrected chi connectivity index (χ1v) is 13.5. The number of benzene rings is 2. The molecule has 0 aliphatic carbocycles. The Labute approximate surface area is 226 Å². The number of furan rings is 1. The Bertz CT molecular complexity index is 1480. The predicted octanol–water partition coefficient (Wildman–Crippen LogP) is 5.61. The van der Waals surface area contributed by atoms with E-state index >= 15 is 0 Å². The summed E-state index contributed by atoms with van der Waals surface area (Å²) in [5.41, 5.74) is 1.52. The fourth-order valence-corrected chi connectivity index (χ4v) is 5.92. The second-order valence-electron chi connectivity index (χ2n) is 8.11. The fraction of sp³-hybridized carbons (Fsp3) is 0.185. The van der Waals surface area contributed by atoms with Gasteiger partial charge >= 0.3 is 0 Å². The number of carbonyl (C=O) groups excluding carboxylic acids is 2. The molecule has 9 nitrogen and oxygen atoms in total. The summed E-state index contributed by atoms with van der Waals surface area (Å²) in [5, 5.41) is 19.7. The molecule has 0 spiro atoms. The molecule has 1 aliphatic heterocycles. The number of hydrogen-bond donors (Lipinski definition) is 1. The molecule has 1 amide bonds. The maximum atomic E-state index is 13.4. The molecular weight excluding hydrogens is 526 g/mol. The highest BCUT2D eigenvalue weighted by molar-refractivity contribution is 8.00. The SMILES string of the molecule is CCOc1ccc(C2C(C(=O)c3ccco3)=C(O)C(=O)N2c2nnc(SCc3ccccc3)s2)cc1OC. The average molecular weight is 550 g/mol. The molecule has 1 unspecified atom stereocenters. The average Bonchev–Trinajstić information content (AvgIpc) is 3.69. The molecule has 0 saturated heterocycles. The first-order valence-electron chi connectivity index (χ1n) is 11.7. The molecular formula is C27H23N3O6S2. The van der Waals surface area contributed by atoms with Crippen molar-refractivity contribution in [2.75, 3.05) is 18.6 Å². The number of rotatable bonds is 10. The summed E-state index contributed by atoms with van der Waals surface area (Å²) in [7, 11) is 1.50. The van der Waals surface area contributed by atoms with E-state index in [1.165, 1.54) is 47.4 Å². The van der Waals surface area contributed by atoms with E-state index < -0.39 is 23.5 Å². The molecule has 0 radical (unpaired) electrons. The van der Waals surface area contributed by atoms with Gasteiger partial charge in [0, 0.05) is 5.75 Å². The van der Waals surface area contributed by atoms with Crippen LogP contribution in [0.25, 0.3) is 0 Å². The van der Waals surface area contributed by atoms with Crippen LogP contribution in [0, 0.1) is 0 Å². The van der Waals surface area contributed by atoms with Crippen molar-refractivity contribution in [2.24, 2.45) is 0 Å². The molecule has 2 aromatic heterocycles. The largest absolute Gasteiger partial charge is 0.503 e. The highest BCUT2D eigenvalue weighted by Crippen LogP contribution is 2.45. The maximum Gasteiger partial charge on any atom is 0.296 e. The lowest BCUT2D eigenvalue weighted by Crippen LogP contribution is -2.31. The number of aromatic nitrogens is 2. The first kappa shape index (κ1) is 25.6. The number of carbonyl (C=O) groups is 2. The van der Waals surface area contributed by atoms with E-state index in [2.05, 4.69) is 10.2 Å². The molecule has 38 heavy (non-hydrogen) atoms. The summed E-state index contributed by atoms with van der Waals surface area (Å²) in [4.78, 5) is 28.1. The molecule has 3 heterocycles. The zero-order chi connectivity index (χ0) is 26.6. The second kappa shape index (κ2) is 11.1. The number of nitrogens with zero attached hydrogens (tertiary/aromatic N) is 3. The van der Waals surface area contributed by atoms with Crippen LogP contribution in [0.1, 0.15) is 34.6 Å². The number of aliphatic hydroxyl groups excluding tert-OH is 1. The third kappa shape index (κ3) is 4.90. The number of amides is 1. The van der Waals surface area contributed by atoms with Gasteiger partial charge in [-0.15, -0.1) is 10.2 Å². The van der Waals surface area contributed by atoms with Crippen LogP contribution in [-0.2, 0) is 10.5 Å². The molecule has 1 N–H and O–H groups in total. The molecule has 5 rings (SSSR count). The van der Waals surface area contributed by atoms with Crippen LogP contribution >= 0.6 is 23.1 Å². The number of aliphatic hydroxyl groups is 1. The Balaban J connectivity index is 1.53. The summed E-state index contributed by atoms with van der Waals surface area (Å²) in [5.74, 6) is -0.424. The molecule has 1 atom stereocenters. The van der Waals surface area contributed by atoms with Gasteiger partial charge in [-0.1, -0.05) is 59.5 Å². The van der Waals surface area contributed by atoms with Gasteiger partial charge in [0.05, 0.1) is 31.6 Å². The lowest BCUT2D eigenvalue weighted by Gasteiger charge is -2.24. The summed E-state index contributed by atoms with van der Waals surface area (Å²) in [6.07, 6.45) is 1.36. The van der Waals surface area contributed by atoms with Crippen LogP contribution in [-0.4, -0.2) is 40.7 Å². The van der Waals surface area contributed by atoms with E-state index in [0.29, 0.717) is 33.8 Å². The van der Waals surface area contributed by atoms with Crippen LogP contribution in [0.2, 0.25) is 0 Å². The fourth-order valence-electron chi connectivity index (χ4n) is 4.10. The van der Waals surface area contributed by atoms with Gasteiger partial charge in [0.2, 0.25) is 10.9 Å². The monoisotopic (exact) mass is 549 g/mol. The van der Waals surface area contributed by atoms with Crippen molar-refractivity contribution in [1.82, 2.24) is 10.2 Å². The number of thioether (sulfide) groups is 1. The van der Waals surface area contributed by atoms with E-state index in [-0.39, 0.29) is 16.5 Å². The molecule has 0 bridgehead atoms. The minimum Gasteiger partial charge on any atom is -0.503 e. The Morgan fingerprint density at radius 1 is 1.13 bits per heavy atom. The highest BCUT2D eigenvalue weighted by Gasteiger charge is 2.47. The van der Waals surface area contributed by atoms with E-state index in [0.717, 1.165) is 5.56 Å². The van der Waals surface area contributed by atoms with Crippen molar-refractivity contribution >= 4 is 39.9 Å². The quantitative estimate of drug-likeness (QED) is 0.153. The van der Waals surface area contributed by atoms with Gasteiger partial charge in [0.25, 0.3) is 5.91 Å². The van der Waals surface area contributed by atoms with Crippen molar-refractivity contribution in [3.63, 3.8) is 0 Å². The summed E-state index contributed by atoms with van der Waals surface area (Å²) in [6.45, 7) is 2.29. The molecule has 2 aromatic carbocycles. The Kier molecular flexibility index (Phi) is 7.47. The Morgan fingerprint density at radius 2 is 1.95 bits per heavy atom. The van der Waals surface area contributed by atoms with Crippen LogP contribution in [0.5, 0.6) is 11.5 Å². The zero-order valence-electron chi connectivity index (χ0n) is 20.5. The third-order valence-electron chi connectivity index (χ3n) is 5.81. The van der Waals surface area contributed by atoms with Gasteiger partial charge in [-0.25, -0.2) is 0 Å². The van der Waals surface area contributed by atoms with Crippen molar-refractivity contribution in [3.8, 4) is 11.5 Å². The summed E-state index contributed by atoms with van der Waals surface area (Å²) in [6, 6.07) is 17.1. The number of Topliss-reactive ketones (excluding diaryl/α,β-unsaturated/α-hetero) is 1. The molecule has 4 aromatic rings. The number of ketones is 1. The van der Waals surface area contributed by atoms with Crippen molar-refractivity contribution in [1.29, 1.82) is 0 Å². The van der Waals surface area contributed by atoms with Crippen molar-refractivity contribution in [3.05, 3.63) is 95.1 Å². The van der Waals surface area contributed by atoms with E-state index in [1.807, 2.05) is 37.3 Å². The Morgan fingerprint density at radius 3 is 2.66 bits per heavy atom. The van der Waals surface area contributed by atoms with Crippen LogP contribution in [0.4, 0.5) is 5.13 Å². The van der Waals surface area contributed by atoms with E-state index in [9.17, 15) is 14.7 Å². The van der Waals surface area contributed by atoms with Crippen LogP contribution < -0.4 is 14.4 Å². The molecule has 194 valence electrons. The van der Waals surface area contributed by atoms with Crippen LogP contribution in [0.15, 0.2) is 87.0 Å². The number of ether oxygens (including phenoxy) is 2. The first-order chi connectivity index (χ1) is 18.5. The van der Waals surface area contributed by atoms with Gasteiger partial charge in [-0.2, -0.15) is 0 Å². The lowest BCUT2D eigenvalue weighted by atomic mass is 9.95. The van der Waals surface area contributed by atoms with Gasteiger partial charge in [0.1, 0.15) is 0 Å². The van der Waals surface area contributed by atoms with E-state index in [4.69, 9.17) is 13.9 Å². The van der Waals surface area contributed by atoms with Gasteiger partial charge in [-0.05, 0) is 42.3 Å². The molecule has 11 heteroatoms. The molecule has 1 aliphatic rings. The molecule has 0 fully saturated rings. The van der Waals surface area contributed by atoms with Gasteiger partial charge in [0.15, 0.2) is 27.4 Å². The van der Waals surface area contributed by atoms with Gasteiger partial charge < -0.3 is 19.0 Å². The van der Waals surface area contributed by atoms with Crippen molar-refractivity contribution < 1.29 is 28.6 Å². The smallest absolute Gasteiger partial charge is 0.296 e. The second-order valence-corrected chi connectivity index (χ2v) is 10.3. The molecule has 0 saturated carbocycles. The number of anilines is 1. The highest BCUT2D eigenvalue weighted by atomic mass is 32.2. The van der Waals surface area contributed by atoms with Crippen LogP contribution in [0.3, 0.4) is 0 Å². The summed E-state index contributed by atoms with van der Waals surface area (Å²) < 4.78 is 17.1. The van der Waals surface area contributed by atoms with E-state index in [1.54, 1.807) is 24.3 Å². The minimum atomic E-state index is -0.996. The predicted molar refractivity (Wildman–Crippen MR) is 143 cm³/mol. The number of methoxy groups -OCH3 is 1. The number of hydrogen-bond acceptors (Lipinski definition) is 10. The van der Waals surface area contributed by atoms with Gasteiger partial charge in [-0.3, -0.25) is 14.5 Å². The third-order valence-corrected chi connectivity index (χ3v) is 7.94. The minimum absolute atomic E-state index is 0.000436. The maximum absolute atomic E-state index is 13.4. The lowest BCUT2D eigenvalue weighted by molar-refractivity contribution is -0.117. The standard InChI is InChI=1S/C27H23N3O6S2/c1-3-35-18-12-11-17(14-20(18)34-2)22-21(23(31)19-10-7-13-36-19)24(32)25(33)30(22)26-28-29-27(38-26)37-15-16-8-5-4-6-9-16/h4-14,22,32H,3,15H2,1-2H3. The van der Waals surface area contributed by atoms with Crippen molar-refractivity contribution in [2.45, 2.75) is 23.1 Å².